The third-order valence-corrected chi connectivity index (χ3v) is 4.77. The van der Waals surface area contributed by atoms with Gasteiger partial charge in [-0.1, -0.05) is 11.6 Å². The summed E-state index contributed by atoms with van der Waals surface area (Å²) in [6, 6.07) is 6.78. The third kappa shape index (κ3) is 3.13. The van der Waals surface area contributed by atoms with E-state index in [-0.39, 0.29) is 17.7 Å². The van der Waals surface area contributed by atoms with E-state index in [4.69, 9.17) is 20.8 Å². The van der Waals surface area contributed by atoms with Gasteiger partial charge >= 0.3 is 11.9 Å². The van der Waals surface area contributed by atoms with Crippen molar-refractivity contribution in [1.82, 2.24) is 0 Å². The number of furan rings is 1. The van der Waals surface area contributed by atoms with Crippen molar-refractivity contribution >= 4 is 34.5 Å². The van der Waals surface area contributed by atoms with Crippen molar-refractivity contribution in [2.45, 2.75) is 20.3 Å². The topological polar surface area (TPSA) is 97.0 Å². The molecule has 0 aliphatic carbocycles. The summed E-state index contributed by atoms with van der Waals surface area (Å²) in [6.07, 6.45) is -0.309. The van der Waals surface area contributed by atoms with Gasteiger partial charge < -0.3 is 19.4 Å². The van der Waals surface area contributed by atoms with Gasteiger partial charge in [-0.3, -0.25) is 4.79 Å². The molecule has 0 aliphatic rings. The first kappa shape index (κ1) is 18.8. The molecule has 0 fully saturated rings. The number of carbonyl (C=O) groups is 2. The monoisotopic (exact) mass is 388 g/mol. The summed E-state index contributed by atoms with van der Waals surface area (Å²) in [6.45, 7) is 3.23. The number of hydrogen-bond donors (Lipinski definition) is 2. The maximum absolute atomic E-state index is 12.2. The van der Waals surface area contributed by atoms with Crippen LogP contribution in [0.1, 0.15) is 27.0 Å². The van der Waals surface area contributed by atoms with Crippen molar-refractivity contribution in [2.75, 3.05) is 7.11 Å². The zero-order valence-corrected chi connectivity index (χ0v) is 15.7. The number of aliphatic carboxylic acids is 1. The summed E-state index contributed by atoms with van der Waals surface area (Å²) < 4.78 is 10.7. The molecule has 3 aromatic rings. The number of fused-ring (bicyclic) bond motifs is 1. The maximum atomic E-state index is 12.2. The van der Waals surface area contributed by atoms with Crippen LogP contribution in [-0.2, 0) is 16.0 Å². The Morgan fingerprint density at radius 2 is 1.78 bits per heavy atom. The zero-order chi connectivity index (χ0) is 19.9. The lowest BCUT2D eigenvalue weighted by atomic mass is 9.94. The van der Waals surface area contributed by atoms with Crippen LogP contribution < -0.4 is 0 Å². The highest BCUT2D eigenvalue weighted by Gasteiger charge is 2.28. The number of phenols is 1. The van der Waals surface area contributed by atoms with Crippen molar-refractivity contribution in [3.63, 3.8) is 0 Å². The van der Waals surface area contributed by atoms with E-state index in [1.165, 1.54) is 7.11 Å². The van der Waals surface area contributed by atoms with Crippen molar-refractivity contribution in [3.05, 3.63) is 51.5 Å². The van der Waals surface area contributed by atoms with Gasteiger partial charge in [0.1, 0.15) is 22.7 Å². The molecule has 0 saturated heterocycles. The van der Waals surface area contributed by atoms with Crippen LogP contribution >= 0.6 is 11.6 Å². The number of aryl methyl sites for hydroxylation is 2. The predicted octanol–water partition coefficient (Wildman–Crippen LogP) is 4.49. The van der Waals surface area contributed by atoms with Crippen LogP contribution in [0.5, 0.6) is 5.75 Å². The number of benzene rings is 2. The number of methoxy groups -OCH3 is 1. The molecule has 0 spiro atoms. The number of carboxylic acids is 1. The van der Waals surface area contributed by atoms with Crippen molar-refractivity contribution in [3.8, 4) is 17.1 Å². The molecule has 0 amide bonds. The number of halogens is 1. The molecule has 1 aromatic heterocycles. The van der Waals surface area contributed by atoms with Gasteiger partial charge in [-0.05, 0) is 43.7 Å². The average Bonchev–Trinajstić information content (AvgIpc) is 2.99. The minimum Gasteiger partial charge on any atom is -0.507 e. The Bertz CT molecular complexity index is 1060. The van der Waals surface area contributed by atoms with E-state index in [1.807, 2.05) is 0 Å². The molecule has 2 aromatic carbocycles. The lowest BCUT2D eigenvalue weighted by Crippen LogP contribution is -2.07. The molecule has 2 N–H and O–H groups in total. The molecule has 6 nitrogen and oxygen atoms in total. The highest BCUT2D eigenvalue weighted by Crippen LogP contribution is 2.42. The first-order chi connectivity index (χ1) is 12.8. The number of ether oxygens (including phenoxy) is 1. The Morgan fingerprint density at radius 3 is 2.33 bits per heavy atom. The van der Waals surface area contributed by atoms with Crippen LogP contribution in [-0.4, -0.2) is 29.3 Å². The Labute approximate surface area is 159 Å². The standard InChI is InChI=1S/C20H17ClO6/c1-9-15-13(8-14(22)23)19(11-4-6-12(21)7-5-11)27-18(15)10(2)17(24)16(9)20(25)26-3/h4-7,24H,8H2,1-3H3,(H,22,23). The normalized spacial score (nSPS) is 11.0. The van der Waals surface area contributed by atoms with Gasteiger partial charge in [0, 0.05) is 27.1 Å². The molecule has 27 heavy (non-hydrogen) atoms. The molecule has 3 rings (SSSR count). The van der Waals surface area contributed by atoms with Gasteiger partial charge in [0.05, 0.1) is 13.5 Å². The van der Waals surface area contributed by atoms with Crippen molar-refractivity contribution < 1.29 is 29.0 Å². The first-order valence-corrected chi connectivity index (χ1v) is 8.47. The van der Waals surface area contributed by atoms with Gasteiger partial charge in [0.2, 0.25) is 0 Å². The molecule has 7 heteroatoms. The third-order valence-electron chi connectivity index (χ3n) is 4.51. The predicted molar refractivity (Wildman–Crippen MR) is 100 cm³/mol. The first-order valence-electron chi connectivity index (χ1n) is 8.09. The van der Waals surface area contributed by atoms with E-state index in [9.17, 15) is 19.8 Å². The second kappa shape index (κ2) is 6.96. The Balaban J connectivity index is 2.43. The van der Waals surface area contributed by atoms with Crippen molar-refractivity contribution in [2.24, 2.45) is 0 Å². The highest BCUT2D eigenvalue weighted by molar-refractivity contribution is 6.30. The average molecular weight is 389 g/mol. The largest absolute Gasteiger partial charge is 0.507 e. The number of rotatable bonds is 4. The molecule has 0 aliphatic heterocycles. The lowest BCUT2D eigenvalue weighted by Gasteiger charge is -2.11. The fourth-order valence-corrected chi connectivity index (χ4v) is 3.36. The van der Waals surface area contributed by atoms with Crippen LogP contribution in [0.2, 0.25) is 5.02 Å². The quantitative estimate of drug-likeness (QED) is 0.639. The van der Waals surface area contributed by atoms with Crippen LogP contribution in [0.3, 0.4) is 0 Å². The Kier molecular flexibility index (Phi) is 4.85. The smallest absolute Gasteiger partial charge is 0.341 e. The minimum atomic E-state index is -1.04. The van der Waals surface area contributed by atoms with Gasteiger partial charge in [0.15, 0.2) is 0 Å². The SMILES string of the molecule is COC(=O)c1c(O)c(C)c2oc(-c3ccc(Cl)cc3)c(CC(=O)O)c2c1C. The molecule has 1 heterocycles. The van der Waals surface area contributed by atoms with E-state index in [2.05, 4.69) is 0 Å². The molecule has 0 atom stereocenters. The number of carbonyl (C=O) groups excluding carboxylic acids is 1. The molecule has 140 valence electrons. The van der Waals surface area contributed by atoms with Crippen molar-refractivity contribution in [1.29, 1.82) is 0 Å². The molecular weight excluding hydrogens is 372 g/mol. The van der Waals surface area contributed by atoms with Gasteiger partial charge in [-0.25, -0.2) is 4.79 Å². The Morgan fingerprint density at radius 1 is 1.15 bits per heavy atom. The summed E-state index contributed by atoms with van der Waals surface area (Å²) in [5.74, 6) is -1.63. The number of carboxylic acid groups (broad SMARTS) is 1. The fraction of sp³-hybridized carbons (Fsp3) is 0.200. The molecule has 0 unspecified atom stereocenters. The lowest BCUT2D eigenvalue weighted by molar-refractivity contribution is -0.136. The fourth-order valence-electron chi connectivity index (χ4n) is 3.23. The molecule has 0 radical (unpaired) electrons. The Hall–Kier alpha value is -2.99. The van der Waals surface area contributed by atoms with E-state index >= 15 is 0 Å². The molecule has 0 saturated carbocycles. The zero-order valence-electron chi connectivity index (χ0n) is 14.9. The molecule has 0 bridgehead atoms. The number of esters is 1. The van der Waals surface area contributed by atoms with E-state index in [1.54, 1.807) is 38.1 Å². The summed E-state index contributed by atoms with van der Waals surface area (Å²) in [4.78, 5) is 23.6. The van der Waals surface area contributed by atoms with Gasteiger partial charge in [0.25, 0.3) is 0 Å². The summed E-state index contributed by atoms with van der Waals surface area (Å²) in [5, 5.41) is 20.9. The second-order valence-corrected chi connectivity index (χ2v) is 6.59. The summed E-state index contributed by atoms with van der Waals surface area (Å²) >= 11 is 5.94. The van der Waals surface area contributed by atoms with E-state index in [0.717, 1.165) is 0 Å². The number of phenolic OH excluding ortho intramolecular Hbond substituents is 1. The van der Waals surface area contributed by atoms with Crippen LogP contribution in [0.15, 0.2) is 28.7 Å². The minimum absolute atomic E-state index is 0.00223. The van der Waals surface area contributed by atoms with Crippen LogP contribution in [0.25, 0.3) is 22.3 Å². The van der Waals surface area contributed by atoms with E-state index < -0.39 is 11.9 Å². The summed E-state index contributed by atoms with van der Waals surface area (Å²) in [7, 11) is 1.22. The van der Waals surface area contributed by atoms with Crippen LogP contribution in [0.4, 0.5) is 0 Å². The maximum Gasteiger partial charge on any atom is 0.341 e. The second-order valence-electron chi connectivity index (χ2n) is 6.16. The number of hydrogen-bond acceptors (Lipinski definition) is 5. The van der Waals surface area contributed by atoms with Crippen LogP contribution in [0, 0.1) is 13.8 Å². The molecular formula is C20H17ClO6. The van der Waals surface area contributed by atoms with E-state index in [0.29, 0.717) is 44.0 Å². The highest BCUT2D eigenvalue weighted by atomic mass is 35.5. The number of aromatic hydroxyl groups is 1. The summed E-state index contributed by atoms with van der Waals surface area (Å²) in [5.41, 5.74) is 2.13. The van der Waals surface area contributed by atoms with Gasteiger partial charge in [-0.2, -0.15) is 0 Å². The van der Waals surface area contributed by atoms with Gasteiger partial charge in [-0.15, -0.1) is 0 Å².